The molecule has 4 nitrogen and oxygen atoms in total. The molecule has 0 saturated carbocycles. The van der Waals surface area contributed by atoms with Gasteiger partial charge in [-0.3, -0.25) is 0 Å². The Morgan fingerprint density at radius 3 is 2.44 bits per heavy atom. The van der Waals surface area contributed by atoms with E-state index in [0.29, 0.717) is 4.34 Å². The predicted octanol–water partition coefficient (Wildman–Crippen LogP) is 4.40. The first kappa shape index (κ1) is 20.4. The molecule has 0 radical (unpaired) electrons. The van der Waals surface area contributed by atoms with Gasteiger partial charge in [-0.2, -0.15) is 0 Å². The third-order valence-electron chi connectivity index (χ3n) is 4.15. The van der Waals surface area contributed by atoms with Crippen LogP contribution in [0.5, 0.6) is 0 Å². The van der Waals surface area contributed by atoms with Gasteiger partial charge < -0.3 is 5.11 Å². The fraction of sp³-hybridized carbons (Fsp3) is 0.444. The van der Waals surface area contributed by atoms with E-state index in [4.69, 9.17) is 11.6 Å². The van der Waals surface area contributed by atoms with Gasteiger partial charge in [0.05, 0.1) is 17.0 Å². The minimum Gasteiger partial charge on any atom is -0.395 e. The first-order valence-electron chi connectivity index (χ1n) is 8.41. The highest BCUT2D eigenvalue weighted by Crippen LogP contribution is 2.29. The fourth-order valence-corrected chi connectivity index (χ4v) is 5.63. The third kappa shape index (κ3) is 5.79. The van der Waals surface area contributed by atoms with Crippen LogP contribution in [0.4, 0.5) is 0 Å². The Labute approximate surface area is 158 Å². The van der Waals surface area contributed by atoms with Gasteiger partial charge in [-0.25, -0.2) is 13.1 Å². The molecule has 0 aliphatic rings. The second-order valence-electron chi connectivity index (χ2n) is 5.98. The van der Waals surface area contributed by atoms with Crippen LogP contribution in [-0.2, 0) is 10.0 Å². The largest absolute Gasteiger partial charge is 0.395 e. The molecule has 2 aromatic rings. The zero-order valence-electron chi connectivity index (χ0n) is 14.2. The van der Waals surface area contributed by atoms with Crippen molar-refractivity contribution in [2.75, 3.05) is 6.61 Å². The maximum absolute atomic E-state index is 12.6. The van der Waals surface area contributed by atoms with Crippen LogP contribution in [0, 0.1) is 0 Å². The van der Waals surface area contributed by atoms with Gasteiger partial charge in [0.15, 0.2) is 0 Å². The maximum atomic E-state index is 12.6. The monoisotopic (exact) mass is 401 g/mol. The molecule has 1 aromatic heterocycles. The van der Waals surface area contributed by atoms with Gasteiger partial charge in [-0.15, -0.1) is 11.3 Å². The zero-order chi connectivity index (χ0) is 18.3. The second-order valence-corrected chi connectivity index (χ2v) is 9.64. The zero-order valence-corrected chi connectivity index (χ0v) is 16.6. The summed E-state index contributed by atoms with van der Waals surface area (Å²) in [6.07, 6.45) is 3.97. The van der Waals surface area contributed by atoms with Crippen LogP contribution in [0.15, 0.2) is 46.7 Å². The van der Waals surface area contributed by atoms with Crippen molar-refractivity contribution >= 4 is 33.0 Å². The first-order chi connectivity index (χ1) is 12.0. The highest BCUT2D eigenvalue weighted by atomic mass is 35.5. The Kier molecular flexibility index (Phi) is 7.90. The van der Waals surface area contributed by atoms with E-state index >= 15 is 0 Å². The van der Waals surface area contributed by atoms with Crippen LogP contribution in [0.1, 0.15) is 44.1 Å². The molecule has 2 N–H and O–H groups in total. The van der Waals surface area contributed by atoms with Crippen LogP contribution < -0.4 is 4.72 Å². The number of sulfonamides is 1. The average molecular weight is 402 g/mol. The Morgan fingerprint density at radius 1 is 1.16 bits per heavy atom. The highest BCUT2D eigenvalue weighted by Gasteiger charge is 2.28. The topological polar surface area (TPSA) is 66.4 Å². The molecule has 1 heterocycles. The molecule has 0 fully saturated rings. The standard InChI is InChI=1S/C18H24ClNO3S2/c1-2-3-5-10-15(14-8-6-4-7-9-14)16(13-21)20-25(22,23)18-12-11-17(19)24-18/h4,6-9,11-12,15-16,20-21H,2-3,5,10,13H2,1H3. The lowest BCUT2D eigenvalue weighted by Gasteiger charge is -2.27. The van der Waals surface area contributed by atoms with Crippen molar-refractivity contribution in [3.05, 3.63) is 52.4 Å². The molecule has 0 bridgehead atoms. The number of aliphatic hydroxyl groups excluding tert-OH is 1. The molecular weight excluding hydrogens is 378 g/mol. The molecule has 1 aromatic carbocycles. The Bertz CT molecular complexity index is 747. The molecule has 0 saturated heterocycles. The van der Waals surface area contributed by atoms with E-state index in [1.54, 1.807) is 6.07 Å². The molecule has 0 amide bonds. The van der Waals surface area contributed by atoms with Gasteiger partial charge in [0.2, 0.25) is 10.0 Å². The summed E-state index contributed by atoms with van der Waals surface area (Å²) in [4.78, 5) is 0. The van der Waals surface area contributed by atoms with Crippen LogP contribution in [0.2, 0.25) is 4.34 Å². The maximum Gasteiger partial charge on any atom is 0.250 e. The third-order valence-corrected chi connectivity index (χ3v) is 7.36. The smallest absolute Gasteiger partial charge is 0.250 e. The summed E-state index contributed by atoms with van der Waals surface area (Å²) in [5, 5.41) is 9.88. The molecule has 25 heavy (non-hydrogen) atoms. The van der Waals surface area contributed by atoms with E-state index in [1.807, 2.05) is 30.3 Å². The van der Waals surface area contributed by atoms with Crippen LogP contribution in [-0.4, -0.2) is 26.2 Å². The number of nitrogens with one attached hydrogen (secondary N) is 1. The first-order valence-corrected chi connectivity index (χ1v) is 11.1. The lowest BCUT2D eigenvalue weighted by Crippen LogP contribution is -2.41. The Hall–Kier alpha value is -0.920. The predicted molar refractivity (Wildman–Crippen MR) is 104 cm³/mol. The van der Waals surface area contributed by atoms with E-state index in [0.717, 1.165) is 42.6 Å². The summed E-state index contributed by atoms with van der Waals surface area (Å²) < 4.78 is 28.5. The van der Waals surface area contributed by atoms with Crippen molar-refractivity contribution in [2.24, 2.45) is 0 Å². The Morgan fingerprint density at radius 2 is 1.88 bits per heavy atom. The summed E-state index contributed by atoms with van der Waals surface area (Å²) in [5.41, 5.74) is 1.03. The molecule has 2 unspecified atom stereocenters. The van der Waals surface area contributed by atoms with Crippen LogP contribution in [0.25, 0.3) is 0 Å². The minimum absolute atomic E-state index is 0.0806. The Balaban J connectivity index is 2.23. The number of rotatable bonds is 10. The fourth-order valence-electron chi connectivity index (χ4n) is 2.86. The van der Waals surface area contributed by atoms with Crippen molar-refractivity contribution < 1.29 is 13.5 Å². The molecule has 0 aliphatic heterocycles. The molecule has 7 heteroatoms. The summed E-state index contributed by atoms with van der Waals surface area (Å²) in [6, 6.07) is 12.2. The molecule has 2 atom stereocenters. The second kappa shape index (κ2) is 9.69. The normalized spacial score (nSPS) is 14.4. The summed E-state index contributed by atoms with van der Waals surface area (Å²) in [7, 11) is -3.71. The number of hydrogen-bond donors (Lipinski definition) is 2. The average Bonchev–Trinajstić information content (AvgIpc) is 3.05. The highest BCUT2D eigenvalue weighted by molar-refractivity contribution is 7.91. The van der Waals surface area contributed by atoms with Crippen molar-refractivity contribution in [3.8, 4) is 0 Å². The van der Waals surface area contributed by atoms with E-state index < -0.39 is 16.1 Å². The molecule has 138 valence electrons. The van der Waals surface area contributed by atoms with E-state index in [1.165, 1.54) is 6.07 Å². The van der Waals surface area contributed by atoms with Crippen molar-refractivity contribution in [2.45, 2.75) is 48.8 Å². The number of thiophene rings is 1. The van der Waals surface area contributed by atoms with Gasteiger partial charge in [0, 0.05) is 5.92 Å². The molecule has 0 aliphatic carbocycles. The summed E-state index contributed by atoms with van der Waals surface area (Å²) >= 11 is 6.87. The van der Waals surface area contributed by atoms with Crippen LogP contribution in [0.3, 0.4) is 0 Å². The number of hydrogen-bond acceptors (Lipinski definition) is 4. The lowest BCUT2D eigenvalue weighted by atomic mass is 9.87. The van der Waals surface area contributed by atoms with Gasteiger partial charge in [-0.1, -0.05) is 68.1 Å². The van der Waals surface area contributed by atoms with E-state index in [2.05, 4.69) is 11.6 Å². The SMILES string of the molecule is CCCCCC(c1ccccc1)C(CO)NS(=O)(=O)c1ccc(Cl)s1. The van der Waals surface area contributed by atoms with Crippen molar-refractivity contribution in [1.29, 1.82) is 0 Å². The summed E-state index contributed by atoms with van der Waals surface area (Å²) in [6.45, 7) is 1.87. The summed E-state index contributed by atoms with van der Waals surface area (Å²) in [5.74, 6) is -0.0806. The van der Waals surface area contributed by atoms with Crippen molar-refractivity contribution in [3.63, 3.8) is 0 Å². The van der Waals surface area contributed by atoms with E-state index in [9.17, 15) is 13.5 Å². The van der Waals surface area contributed by atoms with Crippen LogP contribution >= 0.6 is 22.9 Å². The number of benzene rings is 1. The van der Waals surface area contributed by atoms with Gasteiger partial charge in [0.1, 0.15) is 4.21 Å². The molecular formula is C18H24ClNO3S2. The minimum atomic E-state index is -3.71. The quantitative estimate of drug-likeness (QED) is 0.579. The van der Waals surface area contributed by atoms with Gasteiger partial charge in [-0.05, 0) is 24.1 Å². The van der Waals surface area contributed by atoms with Crippen molar-refractivity contribution in [1.82, 2.24) is 4.72 Å². The number of aliphatic hydroxyl groups is 1. The van der Waals surface area contributed by atoms with Gasteiger partial charge in [0.25, 0.3) is 0 Å². The van der Waals surface area contributed by atoms with Gasteiger partial charge >= 0.3 is 0 Å². The molecule has 0 spiro atoms. The lowest BCUT2D eigenvalue weighted by molar-refractivity contribution is 0.233. The number of unbranched alkanes of at least 4 members (excludes halogenated alkanes) is 2. The molecule has 2 rings (SSSR count). The van der Waals surface area contributed by atoms with E-state index in [-0.39, 0.29) is 16.7 Å². The number of halogens is 1.